The highest BCUT2D eigenvalue weighted by Gasteiger charge is 2.23. The Kier molecular flexibility index (Phi) is 5.21. The van der Waals surface area contributed by atoms with E-state index in [-0.39, 0.29) is 19.6 Å². The zero-order valence-corrected chi connectivity index (χ0v) is 11.1. The number of methoxy groups -OCH3 is 3. The molecule has 0 unspecified atom stereocenters. The molecule has 6 heteroatoms. The molecule has 0 aliphatic carbocycles. The van der Waals surface area contributed by atoms with E-state index >= 15 is 0 Å². The lowest BCUT2D eigenvalue weighted by molar-refractivity contribution is 0.356. The highest BCUT2D eigenvalue weighted by molar-refractivity contribution is 5.62. The van der Waals surface area contributed by atoms with Gasteiger partial charge in [-0.3, -0.25) is 0 Å². The number of ether oxygens (including phenoxy) is 3. The van der Waals surface area contributed by atoms with Crippen LogP contribution in [0.2, 0.25) is 0 Å². The molecule has 0 saturated heterocycles. The van der Waals surface area contributed by atoms with E-state index in [1.807, 2.05) is 0 Å². The summed E-state index contributed by atoms with van der Waals surface area (Å²) < 4.78 is 16.1. The van der Waals surface area contributed by atoms with Crippen LogP contribution in [0.5, 0.6) is 17.2 Å². The van der Waals surface area contributed by atoms with Crippen LogP contribution in [0.15, 0.2) is 0 Å². The highest BCUT2D eigenvalue weighted by Crippen LogP contribution is 2.42. The van der Waals surface area contributed by atoms with Gasteiger partial charge < -0.3 is 31.4 Å². The van der Waals surface area contributed by atoms with Crippen molar-refractivity contribution in [1.29, 1.82) is 0 Å². The number of hydrogen-bond donors (Lipinski definition) is 3. The average Bonchev–Trinajstić information content (AvgIpc) is 2.43. The largest absolute Gasteiger partial charge is 0.496 e. The second-order valence-corrected chi connectivity index (χ2v) is 3.65. The minimum Gasteiger partial charge on any atom is -0.496 e. The normalized spacial score (nSPS) is 10.3. The van der Waals surface area contributed by atoms with Gasteiger partial charge in [0, 0.05) is 19.6 Å². The van der Waals surface area contributed by atoms with Crippen LogP contribution in [-0.4, -0.2) is 21.3 Å². The number of rotatable bonds is 6. The Hall–Kier alpha value is -1.50. The Morgan fingerprint density at radius 3 is 0.944 bits per heavy atom. The van der Waals surface area contributed by atoms with Crippen molar-refractivity contribution in [2.75, 3.05) is 21.3 Å². The molecule has 0 atom stereocenters. The lowest BCUT2D eigenvalue weighted by atomic mass is 9.99. The van der Waals surface area contributed by atoms with Crippen LogP contribution < -0.4 is 31.4 Å². The number of hydrogen-bond acceptors (Lipinski definition) is 6. The van der Waals surface area contributed by atoms with Gasteiger partial charge in [-0.15, -0.1) is 0 Å². The summed E-state index contributed by atoms with van der Waals surface area (Å²) in [6, 6.07) is 0. The van der Waals surface area contributed by atoms with Gasteiger partial charge in [-0.25, -0.2) is 0 Å². The summed E-state index contributed by atoms with van der Waals surface area (Å²) >= 11 is 0. The van der Waals surface area contributed by atoms with Crippen molar-refractivity contribution >= 4 is 0 Å². The molecule has 1 rings (SSSR count). The van der Waals surface area contributed by atoms with Gasteiger partial charge in [0.15, 0.2) is 0 Å². The molecule has 0 aromatic heterocycles. The van der Waals surface area contributed by atoms with Crippen molar-refractivity contribution in [1.82, 2.24) is 0 Å². The molecule has 18 heavy (non-hydrogen) atoms. The van der Waals surface area contributed by atoms with Crippen molar-refractivity contribution in [2.24, 2.45) is 17.2 Å². The molecule has 1 aromatic rings. The zero-order chi connectivity index (χ0) is 13.7. The summed E-state index contributed by atoms with van der Waals surface area (Å²) in [7, 11) is 4.69. The van der Waals surface area contributed by atoms with E-state index in [1.54, 1.807) is 21.3 Å². The summed E-state index contributed by atoms with van der Waals surface area (Å²) in [5.74, 6) is 1.81. The van der Waals surface area contributed by atoms with Gasteiger partial charge in [-0.1, -0.05) is 0 Å². The first-order valence-electron chi connectivity index (χ1n) is 5.62. The van der Waals surface area contributed by atoms with Gasteiger partial charge in [-0.05, 0) is 0 Å². The fourth-order valence-electron chi connectivity index (χ4n) is 2.15. The van der Waals surface area contributed by atoms with Crippen LogP contribution in [0.4, 0.5) is 0 Å². The topological polar surface area (TPSA) is 106 Å². The molecule has 0 spiro atoms. The van der Waals surface area contributed by atoms with Gasteiger partial charge in [-0.2, -0.15) is 0 Å². The van der Waals surface area contributed by atoms with Crippen molar-refractivity contribution < 1.29 is 14.2 Å². The van der Waals surface area contributed by atoms with Crippen LogP contribution >= 0.6 is 0 Å². The fourth-order valence-corrected chi connectivity index (χ4v) is 2.15. The summed E-state index contributed by atoms with van der Waals surface area (Å²) in [6.07, 6.45) is 0. The van der Waals surface area contributed by atoms with Crippen LogP contribution in [0.3, 0.4) is 0 Å². The van der Waals surface area contributed by atoms with Crippen LogP contribution in [0.1, 0.15) is 16.7 Å². The lowest BCUT2D eigenvalue weighted by Crippen LogP contribution is -2.14. The molecule has 0 bridgehead atoms. The minimum atomic E-state index is 0.274. The maximum absolute atomic E-state index is 5.76. The van der Waals surface area contributed by atoms with E-state index in [4.69, 9.17) is 31.4 Å². The van der Waals surface area contributed by atoms with Gasteiger partial charge in [0.25, 0.3) is 0 Å². The monoisotopic (exact) mass is 255 g/mol. The molecule has 0 heterocycles. The summed E-state index contributed by atoms with van der Waals surface area (Å²) in [5.41, 5.74) is 19.5. The van der Waals surface area contributed by atoms with Crippen molar-refractivity contribution in [2.45, 2.75) is 19.6 Å². The summed E-state index contributed by atoms with van der Waals surface area (Å²) in [6.45, 7) is 0.822. The molecule has 102 valence electrons. The van der Waals surface area contributed by atoms with E-state index in [0.717, 1.165) is 16.7 Å². The van der Waals surface area contributed by atoms with E-state index in [2.05, 4.69) is 0 Å². The van der Waals surface area contributed by atoms with E-state index in [9.17, 15) is 0 Å². The van der Waals surface area contributed by atoms with Gasteiger partial charge in [0.2, 0.25) is 0 Å². The Bertz CT molecular complexity index is 301. The number of benzene rings is 1. The Labute approximate surface area is 107 Å². The first-order chi connectivity index (χ1) is 8.69. The van der Waals surface area contributed by atoms with E-state index < -0.39 is 0 Å². The summed E-state index contributed by atoms with van der Waals surface area (Å²) in [5, 5.41) is 0. The lowest BCUT2D eigenvalue weighted by Gasteiger charge is -2.22. The second-order valence-electron chi connectivity index (χ2n) is 3.65. The van der Waals surface area contributed by atoms with E-state index in [0.29, 0.717) is 17.2 Å². The third kappa shape index (κ3) is 2.22. The maximum atomic E-state index is 5.76. The fraction of sp³-hybridized carbons (Fsp3) is 0.500. The highest BCUT2D eigenvalue weighted by atomic mass is 16.5. The minimum absolute atomic E-state index is 0.274. The first-order valence-corrected chi connectivity index (χ1v) is 5.62. The average molecular weight is 255 g/mol. The van der Waals surface area contributed by atoms with Gasteiger partial charge >= 0.3 is 0 Å². The predicted molar refractivity (Wildman–Crippen MR) is 69.8 cm³/mol. The van der Waals surface area contributed by atoms with Crippen LogP contribution in [0, 0.1) is 0 Å². The summed E-state index contributed by atoms with van der Waals surface area (Å²) in [4.78, 5) is 0. The van der Waals surface area contributed by atoms with Crippen LogP contribution in [-0.2, 0) is 19.6 Å². The maximum Gasteiger partial charge on any atom is 0.135 e. The van der Waals surface area contributed by atoms with Crippen molar-refractivity contribution in [3.63, 3.8) is 0 Å². The Morgan fingerprint density at radius 2 is 0.833 bits per heavy atom. The third-order valence-corrected chi connectivity index (χ3v) is 2.87. The first kappa shape index (κ1) is 14.6. The molecule has 0 aliphatic heterocycles. The Balaban J connectivity index is 3.71. The number of nitrogens with two attached hydrogens (primary N) is 3. The molecular formula is C12H21N3O3. The molecule has 0 amide bonds. The van der Waals surface area contributed by atoms with Crippen LogP contribution in [0.25, 0.3) is 0 Å². The van der Waals surface area contributed by atoms with Crippen molar-refractivity contribution in [3.8, 4) is 17.2 Å². The smallest absolute Gasteiger partial charge is 0.135 e. The molecule has 0 saturated carbocycles. The molecule has 0 fully saturated rings. The molecule has 0 aliphatic rings. The SMILES string of the molecule is COc1c(CN)c(OC)c(CN)c(OC)c1CN. The standard InChI is InChI=1S/C12H21N3O3/c1-16-10-7(4-13)11(17-2)9(6-15)12(18-3)8(10)5-14/h4-6,13-15H2,1-3H3. The third-order valence-electron chi connectivity index (χ3n) is 2.87. The van der Waals surface area contributed by atoms with Gasteiger partial charge in [0.1, 0.15) is 17.2 Å². The molecule has 6 N–H and O–H groups in total. The van der Waals surface area contributed by atoms with E-state index in [1.165, 1.54) is 0 Å². The predicted octanol–water partition coefficient (Wildman–Crippen LogP) is 0.0885. The zero-order valence-electron chi connectivity index (χ0n) is 11.1. The molecule has 6 nitrogen and oxygen atoms in total. The quantitative estimate of drug-likeness (QED) is 0.665. The molecule has 0 radical (unpaired) electrons. The second kappa shape index (κ2) is 6.44. The van der Waals surface area contributed by atoms with Gasteiger partial charge in [0.05, 0.1) is 38.0 Å². The van der Waals surface area contributed by atoms with Crippen molar-refractivity contribution in [3.05, 3.63) is 16.7 Å². The molecular weight excluding hydrogens is 234 g/mol. The Morgan fingerprint density at radius 1 is 0.611 bits per heavy atom. The molecule has 1 aromatic carbocycles.